The van der Waals surface area contributed by atoms with Gasteiger partial charge in [0.05, 0.1) is 11.1 Å². The molecule has 2 aromatic rings. The van der Waals surface area contributed by atoms with Gasteiger partial charge in [-0.3, -0.25) is 9.78 Å². The Bertz CT molecular complexity index is 615. The van der Waals surface area contributed by atoms with Crippen molar-refractivity contribution in [3.63, 3.8) is 0 Å². The molecule has 2 N–H and O–H groups in total. The van der Waals surface area contributed by atoms with Crippen LogP contribution in [0, 0.1) is 6.92 Å². The van der Waals surface area contributed by atoms with E-state index in [1.807, 2.05) is 11.8 Å². The summed E-state index contributed by atoms with van der Waals surface area (Å²) in [6.45, 7) is 4.84. The molecule has 3 rings (SSSR count). The van der Waals surface area contributed by atoms with Gasteiger partial charge in [0.1, 0.15) is 5.82 Å². The number of hydrogen-bond donors (Lipinski definition) is 1. The average molecular weight is 303 g/mol. The Labute approximate surface area is 127 Å². The van der Waals surface area contributed by atoms with E-state index in [0.717, 1.165) is 28.7 Å². The molecule has 0 saturated carbocycles. The van der Waals surface area contributed by atoms with Crippen LogP contribution >= 0.6 is 11.3 Å². The van der Waals surface area contributed by atoms with E-state index in [9.17, 15) is 4.79 Å². The van der Waals surface area contributed by atoms with Crippen molar-refractivity contribution in [3.8, 4) is 0 Å². The Morgan fingerprint density at radius 1 is 1.29 bits per heavy atom. The molecule has 0 aliphatic carbocycles. The van der Waals surface area contributed by atoms with Gasteiger partial charge in [-0.15, -0.1) is 11.3 Å². The number of nitrogens with two attached hydrogens (primary N) is 1. The predicted molar refractivity (Wildman–Crippen MR) is 83.6 cm³/mol. The Hall–Kier alpha value is -2.15. The van der Waals surface area contributed by atoms with E-state index in [0.29, 0.717) is 18.8 Å². The third-order valence-corrected chi connectivity index (χ3v) is 4.66. The van der Waals surface area contributed by atoms with Crippen molar-refractivity contribution in [2.24, 2.45) is 0 Å². The molecule has 1 saturated heterocycles. The quantitative estimate of drug-likeness (QED) is 0.907. The zero-order valence-electron chi connectivity index (χ0n) is 11.8. The smallest absolute Gasteiger partial charge is 0.264 e. The van der Waals surface area contributed by atoms with Crippen molar-refractivity contribution < 1.29 is 4.79 Å². The summed E-state index contributed by atoms with van der Waals surface area (Å²) in [5.41, 5.74) is 6.52. The molecular weight excluding hydrogens is 286 g/mol. The molecule has 0 aromatic carbocycles. The van der Waals surface area contributed by atoms with Crippen molar-refractivity contribution >= 4 is 28.7 Å². The lowest BCUT2D eigenvalue weighted by molar-refractivity contribution is 0.0751. The Morgan fingerprint density at radius 3 is 2.62 bits per heavy atom. The Balaban J connectivity index is 1.64. The van der Waals surface area contributed by atoms with Gasteiger partial charge in [-0.25, -0.2) is 4.98 Å². The highest BCUT2D eigenvalue weighted by molar-refractivity contribution is 7.14. The van der Waals surface area contributed by atoms with Crippen LogP contribution in [0.1, 0.15) is 14.5 Å². The lowest BCUT2D eigenvalue weighted by Gasteiger charge is -2.35. The highest BCUT2D eigenvalue weighted by Gasteiger charge is 2.24. The van der Waals surface area contributed by atoms with E-state index in [2.05, 4.69) is 14.9 Å². The van der Waals surface area contributed by atoms with Gasteiger partial charge in [0, 0.05) is 49.1 Å². The van der Waals surface area contributed by atoms with Crippen LogP contribution in [0.3, 0.4) is 0 Å². The number of aromatic nitrogens is 2. The van der Waals surface area contributed by atoms with Crippen LogP contribution in [0.2, 0.25) is 0 Å². The first-order valence-electron chi connectivity index (χ1n) is 6.81. The molecule has 1 amide bonds. The maximum atomic E-state index is 12.4. The number of amides is 1. The number of carbonyl (C=O) groups excluding carboxylic acids is 1. The highest BCUT2D eigenvalue weighted by Crippen LogP contribution is 2.25. The number of rotatable bonds is 2. The minimum atomic E-state index is 0.0681. The second-order valence-electron chi connectivity index (χ2n) is 4.97. The molecule has 0 unspecified atom stereocenters. The minimum absolute atomic E-state index is 0.0681. The van der Waals surface area contributed by atoms with Crippen LogP contribution in [0.4, 0.5) is 11.5 Å². The average Bonchev–Trinajstić information content (AvgIpc) is 2.87. The maximum Gasteiger partial charge on any atom is 0.264 e. The van der Waals surface area contributed by atoms with Gasteiger partial charge >= 0.3 is 0 Å². The number of anilines is 2. The van der Waals surface area contributed by atoms with Gasteiger partial charge in [-0.05, 0) is 13.0 Å². The summed E-state index contributed by atoms with van der Waals surface area (Å²) < 4.78 is 0. The fourth-order valence-electron chi connectivity index (χ4n) is 2.35. The molecule has 0 radical (unpaired) electrons. The molecule has 3 heterocycles. The first-order chi connectivity index (χ1) is 10.1. The summed E-state index contributed by atoms with van der Waals surface area (Å²) in [5, 5.41) is 0. The topological polar surface area (TPSA) is 75.4 Å². The van der Waals surface area contributed by atoms with Crippen LogP contribution < -0.4 is 10.6 Å². The van der Waals surface area contributed by atoms with Gasteiger partial charge in [0.15, 0.2) is 0 Å². The summed E-state index contributed by atoms with van der Waals surface area (Å²) in [6.07, 6.45) is 5.09. The molecular formula is C14H17N5OS. The first kappa shape index (κ1) is 13.8. The predicted octanol–water partition coefficient (Wildman–Crippen LogP) is 1.39. The van der Waals surface area contributed by atoms with Gasteiger partial charge in [0.2, 0.25) is 0 Å². The molecule has 0 atom stereocenters. The lowest BCUT2D eigenvalue weighted by Crippen LogP contribution is -2.48. The van der Waals surface area contributed by atoms with Crippen LogP contribution in [-0.4, -0.2) is 47.0 Å². The van der Waals surface area contributed by atoms with Crippen molar-refractivity contribution in [1.29, 1.82) is 0 Å². The van der Waals surface area contributed by atoms with Crippen LogP contribution in [0.15, 0.2) is 24.7 Å². The third-order valence-electron chi connectivity index (χ3n) is 3.61. The second-order valence-corrected chi connectivity index (χ2v) is 6.22. The number of nitrogens with zero attached hydrogens (tertiary/aromatic N) is 4. The largest absolute Gasteiger partial charge is 0.398 e. The first-order valence-corrected chi connectivity index (χ1v) is 7.63. The van der Waals surface area contributed by atoms with E-state index < -0.39 is 0 Å². The highest BCUT2D eigenvalue weighted by atomic mass is 32.1. The fourth-order valence-corrected chi connectivity index (χ4v) is 3.26. The van der Waals surface area contributed by atoms with E-state index in [1.165, 1.54) is 11.3 Å². The van der Waals surface area contributed by atoms with Gasteiger partial charge in [-0.1, -0.05) is 0 Å². The number of carbonyl (C=O) groups is 1. The van der Waals surface area contributed by atoms with Crippen LogP contribution in [0.25, 0.3) is 0 Å². The molecule has 110 valence electrons. The van der Waals surface area contributed by atoms with Gasteiger partial charge < -0.3 is 15.5 Å². The molecule has 1 aliphatic heterocycles. The van der Waals surface area contributed by atoms with Gasteiger partial charge in [0.25, 0.3) is 5.91 Å². The summed E-state index contributed by atoms with van der Waals surface area (Å²) in [5.74, 6) is 0.930. The molecule has 6 nitrogen and oxygen atoms in total. The normalized spacial score (nSPS) is 15.3. The molecule has 0 bridgehead atoms. The number of nitrogen functional groups attached to an aromatic ring is 1. The summed E-state index contributed by atoms with van der Waals surface area (Å²) in [4.78, 5) is 26.5. The fraction of sp³-hybridized carbons (Fsp3) is 0.357. The second kappa shape index (κ2) is 5.69. The van der Waals surface area contributed by atoms with E-state index >= 15 is 0 Å². The standard InChI is InChI=1S/C14H17N5OS/c1-10-11(15)8-12(21-10)14(20)19-6-4-18(5-7-19)13-9-16-2-3-17-13/h2-3,8-9H,4-7,15H2,1H3. The van der Waals surface area contributed by atoms with E-state index in [-0.39, 0.29) is 5.91 Å². The molecule has 0 spiro atoms. The van der Waals surface area contributed by atoms with Crippen LogP contribution in [0.5, 0.6) is 0 Å². The number of hydrogen-bond acceptors (Lipinski definition) is 6. The van der Waals surface area contributed by atoms with Gasteiger partial charge in [-0.2, -0.15) is 0 Å². The number of thiophene rings is 1. The molecule has 1 aliphatic rings. The molecule has 21 heavy (non-hydrogen) atoms. The zero-order chi connectivity index (χ0) is 14.8. The Morgan fingerprint density at radius 2 is 2.05 bits per heavy atom. The maximum absolute atomic E-state index is 12.4. The summed E-state index contributed by atoms with van der Waals surface area (Å²) in [7, 11) is 0. The SMILES string of the molecule is Cc1sc(C(=O)N2CCN(c3cnccn3)CC2)cc1N. The van der Waals surface area contributed by atoms with Crippen molar-refractivity contribution in [3.05, 3.63) is 34.4 Å². The monoisotopic (exact) mass is 303 g/mol. The zero-order valence-corrected chi connectivity index (χ0v) is 12.6. The van der Waals surface area contributed by atoms with Crippen LogP contribution in [-0.2, 0) is 0 Å². The van der Waals surface area contributed by atoms with Crippen molar-refractivity contribution in [2.45, 2.75) is 6.92 Å². The van der Waals surface area contributed by atoms with Crippen molar-refractivity contribution in [1.82, 2.24) is 14.9 Å². The number of aryl methyl sites for hydroxylation is 1. The minimum Gasteiger partial charge on any atom is -0.398 e. The Kier molecular flexibility index (Phi) is 3.74. The van der Waals surface area contributed by atoms with Crippen molar-refractivity contribution in [2.75, 3.05) is 36.8 Å². The molecule has 2 aromatic heterocycles. The molecule has 7 heteroatoms. The summed E-state index contributed by atoms with van der Waals surface area (Å²) in [6, 6.07) is 1.78. The third kappa shape index (κ3) is 2.82. The van der Waals surface area contributed by atoms with E-state index in [4.69, 9.17) is 5.73 Å². The summed E-state index contributed by atoms with van der Waals surface area (Å²) >= 11 is 1.46. The molecule has 1 fully saturated rings. The lowest BCUT2D eigenvalue weighted by atomic mass is 10.3. The number of piperazine rings is 1. The van der Waals surface area contributed by atoms with E-state index in [1.54, 1.807) is 24.7 Å².